The van der Waals surface area contributed by atoms with Crippen LogP contribution in [-0.4, -0.2) is 75.7 Å². The fraction of sp³-hybridized carbons (Fsp3) is 0.667. The smallest absolute Gasteiger partial charge is 0.326 e. The molecule has 0 bridgehead atoms. The van der Waals surface area contributed by atoms with Gasteiger partial charge in [0.05, 0.1) is 12.5 Å². The molecule has 0 saturated carbocycles. The molecule has 0 aromatic heterocycles. The van der Waals surface area contributed by atoms with Gasteiger partial charge in [0.1, 0.15) is 18.1 Å². The molecule has 14 heteroatoms. The van der Waals surface area contributed by atoms with Crippen molar-refractivity contribution in [3.63, 3.8) is 0 Å². The fourth-order valence-corrected chi connectivity index (χ4v) is 2.71. The molecule has 0 saturated heterocycles. The number of rotatable bonds is 15. The Morgan fingerprint density at radius 3 is 1.84 bits per heavy atom. The van der Waals surface area contributed by atoms with Gasteiger partial charge < -0.3 is 37.6 Å². The summed E-state index contributed by atoms with van der Waals surface area (Å²) in [6, 6.07) is -5.21. The standard InChI is InChI=1S/C18H31N5O8S/c1-3-8(2)14(20)17(29)23-11(7-32)16(28)21-9(4-5-13(25)26)15(27)22-10(18(30)31)6-12(19)24/h8-11,14,32H,3-7,20H2,1-2H3,(H2,19,24)(H,21,28)(H,22,27)(H,23,29)(H,25,26)(H,30,31). The van der Waals surface area contributed by atoms with Gasteiger partial charge in [0.15, 0.2) is 0 Å². The highest BCUT2D eigenvalue weighted by Crippen LogP contribution is 2.06. The van der Waals surface area contributed by atoms with E-state index < -0.39 is 72.6 Å². The van der Waals surface area contributed by atoms with Crippen LogP contribution in [0.4, 0.5) is 0 Å². The van der Waals surface area contributed by atoms with Crippen molar-refractivity contribution in [1.82, 2.24) is 16.0 Å². The first kappa shape index (κ1) is 29.1. The predicted molar refractivity (Wildman–Crippen MR) is 115 cm³/mol. The maximum atomic E-state index is 12.6. The topological polar surface area (TPSA) is 231 Å². The molecule has 32 heavy (non-hydrogen) atoms. The number of amides is 4. The number of carbonyl (C=O) groups excluding carboxylic acids is 4. The molecule has 182 valence electrons. The van der Waals surface area contributed by atoms with Crippen molar-refractivity contribution in [3.8, 4) is 0 Å². The van der Waals surface area contributed by atoms with Crippen LogP contribution < -0.4 is 27.4 Å². The van der Waals surface area contributed by atoms with Gasteiger partial charge in [-0.15, -0.1) is 0 Å². The van der Waals surface area contributed by atoms with Gasteiger partial charge in [0, 0.05) is 12.2 Å². The second-order valence-corrected chi connectivity index (χ2v) is 7.58. The molecular weight excluding hydrogens is 446 g/mol. The Hall–Kier alpha value is -2.87. The second kappa shape index (κ2) is 14.2. The van der Waals surface area contributed by atoms with Crippen molar-refractivity contribution < 1.29 is 39.0 Å². The largest absolute Gasteiger partial charge is 0.481 e. The van der Waals surface area contributed by atoms with E-state index in [9.17, 15) is 28.8 Å². The van der Waals surface area contributed by atoms with E-state index >= 15 is 0 Å². The first-order valence-electron chi connectivity index (χ1n) is 9.84. The monoisotopic (exact) mass is 477 g/mol. The molecular formula is C18H31N5O8S. The predicted octanol–water partition coefficient (Wildman–Crippen LogP) is -2.43. The van der Waals surface area contributed by atoms with E-state index in [0.717, 1.165) is 0 Å². The number of hydrogen-bond donors (Lipinski definition) is 8. The van der Waals surface area contributed by atoms with Crippen molar-refractivity contribution >= 4 is 48.2 Å². The molecule has 0 aromatic carbocycles. The van der Waals surface area contributed by atoms with Crippen molar-refractivity contribution in [3.05, 3.63) is 0 Å². The highest BCUT2D eigenvalue weighted by Gasteiger charge is 2.31. The van der Waals surface area contributed by atoms with Gasteiger partial charge in [-0.25, -0.2) is 4.79 Å². The Morgan fingerprint density at radius 1 is 0.906 bits per heavy atom. The Bertz CT molecular complexity index is 719. The van der Waals surface area contributed by atoms with Crippen LogP contribution >= 0.6 is 12.6 Å². The molecule has 0 heterocycles. The molecule has 5 unspecified atom stereocenters. The van der Waals surface area contributed by atoms with Crippen LogP contribution in [-0.2, 0) is 28.8 Å². The van der Waals surface area contributed by atoms with Gasteiger partial charge in [-0.1, -0.05) is 20.3 Å². The van der Waals surface area contributed by atoms with Gasteiger partial charge in [0.25, 0.3) is 0 Å². The number of nitrogens with one attached hydrogen (secondary N) is 3. The van der Waals surface area contributed by atoms with Gasteiger partial charge >= 0.3 is 11.9 Å². The molecule has 0 aliphatic carbocycles. The average molecular weight is 478 g/mol. The lowest BCUT2D eigenvalue weighted by molar-refractivity contribution is -0.144. The zero-order valence-electron chi connectivity index (χ0n) is 17.9. The third-order valence-corrected chi connectivity index (χ3v) is 5.04. The van der Waals surface area contributed by atoms with Crippen LogP contribution in [0, 0.1) is 5.92 Å². The lowest BCUT2D eigenvalue weighted by atomic mass is 9.99. The van der Waals surface area contributed by atoms with E-state index in [2.05, 4.69) is 23.3 Å². The van der Waals surface area contributed by atoms with E-state index in [0.29, 0.717) is 6.42 Å². The average Bonchev–Trinajstić information content (AvgIpc) is 2.71. The minimum atomic E-state index is -1.67. The first-order chi connectivity index (χ1) is 14.8. The molecule has 0 radical (unpaired) electrons. The highest BCUT2D eigenvalue weighted by atomic mass is 32.1. The summed E-state index contributed by atoms with van der Waals surface area (Å²) in [5.41, 5.74) is 10.8. The van der Waals surface area contributed by atoms with E-state index in [1.807, 2.05) is 12.2 Å². The summed E-state index contributed by atoms with van der Waals surface area (Å²) in [5.74, 6) is -6.59. The third-order valence-electron chi connectivity index (χ3n) is 4.68. The van der Waals surface area contributed by atoms with Crippen molar-refractivity contribution in [1.29, 1.82) is 0 Å². The summed E-state index contributed by atoms with van der Waals surface area (Å²) in [7, 11) is 0. The molecule has 0 spiro atoms. The van der Waals surface area contributed by atoms with Gasteiger partial charge in [-0.05, 0) is 12.3 Å². The number of hydrogen-bond acceptors (Lipinski definition) is 8. The molecule has 0 rings (SSSR count). The molecule has 4 amide bonds. The van der Waals surface area contributed by atoms with Crippen LogP contribution in [0.25, 0.3) is 0 Å². The summed E-state index contributed by atoms with van der Waals surface area (Å²) in [4.78, 5) is 70.5. The Kier molecular flexibility index (Phi) is 13.0. The van der Waals surface area contributed by atoms with Gasteiger partial charge in [-0.3, -0.25) is 24.0 Å². The number of nitrogens with two attached hydrogens (primary N) is 2. The molecule has 0 aromatic rings. The molecule has 0 aliphatic rings. The van der Waals surface area contributed by atoms with Crippen molar-refractivity contribution in [2.75, 3.05) is 5.75 Å². The van der Waals surface area contributed by atoms with Gasteiger partial charge in [-0.2, -0.15) is 12.6 Å². The Labute approximate surface area is 190 Å². The van der Waals surface area contributed by atoms with E-state index in [-0.39, 0.29) is 18.1 Å². The lowest BCUT2D eigenvalue weighted by Crippen LogP contribution is -2.58. The van der Waals surface area contributed by atoms with Crippen molar-refractivity contribution in [2.45, 2.75) is 63.7 Å². The quantitative estimate of drug-likeness (QED) is 0.117. The summed E-state index contributed by atoms with van der Waals surface area (Å²) >= 11 is 4.01. The molecule has 5 atom stereocenters. The number of carbonyl (C=O) groups is 6. The van der Waals surface area contributed by atoms with E-state index in [1.54, 1.807) is 6.92 Å². The Morgan fingerprint density at radius 2 is 1.41 bits per heavy atom. The molecule has 0 fully saturated rings. The summed E-state index contributed by atoms with van der Waals surface area (Å²) < 4.78 is 0. The third kappa shape index (κ3) is 10.4. The zero-order valence-corrected chi connectivity index (χ0v) is 18.8. The molecule has 0 aliphatic heterocycles. The van der Waals surface area contributed by atoms with Crippen LogP contribution in [0.1, 0.15) is 39.5 Å². The number of thiol groups is 1. The highest BCUT2D eigenvalue weighted by molar-refractivity contribution is 7.80. The number of carboxylic acids is 2. The van der Waals surface area contributed by atoms with Crippen LogP contribution in [0.5, 0.6) is 0 Å². The van der Waals surface area contributed by atoms with Crippen LogP contribution in [0.15, 0.2) is 0 Å². The Balaban J connectivity index is 5.39. The van der Waals surface area contributed by atoms with E-state index in [1.165, 1.54) is 0 Å². The normalized spacial score (nSPS) is 15.4. The molecule has 13 nitrogen and oxygen atoms in total. The second-order valence-electron chi connectivity index (χ2n) is 7.22. The summed E-state index contributed by atoms with van der Waals surface area (Å²) in [5, 5.41) is 24.8. The maximum absolute atomic E-state index is 12.6. The molecule has 9 N–H and O–H groups in total. The number of carboxylic acid groups (broad SMARTS) is 2. The summed E-state index contributed by atoms with van der Waals surface area (Å²) in [6.07, 6.45) is -0.985. The SMILES string of the molecule is CCC(C)C(N)C(=O)NC(CS)C(=O)NC(CCC(=O)O)C(=O)NC(CC(N)=O)C(=O)O. The minimum absolute atomic E-state index is 0.155. The summed E-state index contributed by atoms with van der Waals surface area (Å²) in [6.45, 7) is 3.60. The van der Waals surface area contributed by atoms with Gasteiger partial charge in [0.2, 0.25) is 23.6 Å². The van der Waals surface area contributed by atoms with E-state index in [4.69, 9.17) is 21.7 Å². The fourth-order valence-electron chi connectivity index (χ4n) is 2.46. The van der Waals surface area contributed by atoms with Crippen LogP contribution in [0.3, 0.4) is 0 Å². The van der Waals surface area contributed by atoms with Crippen LogP contribution in [0.2, 0.25) is 0 Å². The van der Waals surface area contributed by atoms with Crippen molar-refractivity contribution in [2.24, 2.45) is 17.4 Å². The maximum Gasteiger partial charge on any atom is 0.326 e. The number of primary amides is 1. The minimum Gasteiger partial charge on any atom is -0.481 e. The first-order valence-corrected chi connectivity index (χ1v) is 10.5. The lowest BCUT2D eigenvalue weighted by Gasteiger charge is -2.25. The zero-order chi connectivity index (χ0) is 25.0. The number of aliphatic carboxylic acids is 2.